The van der Waals surface area contributed by atoms with Crippen LogP contribution in [-0.4, -0.2) is 127 Å². The van der Waals surface area contributed by atoms with Crippen molar-refractivity contribution in [3.8, 4) is 0 Å². The van der Waals surface area contributed by atoms with Gasteiger partial charge in [-0.05, 0) is 12.3 Å². The van der Waals surface area contributed by atoms with Crippen molar-refractivity contribution in [1.29, 1.82) is 0 Å². The van der Waals surface area contributed by atoms with Gasteiger partial charge in [-0.25, -0.2) is 0 Å². The second kappa shape index (κ2) is 11.2. The van der Waals surface area contributed by atoms with E-state index in [4.69, 9.17) is 14.2 Å². The van der Waals surface area contributed by atoms with Crippen LogP contribution in [-0.2, 0) is 19.0 Å². The molecule has 2 rings (SSSR count). The van der Waals surface area contributed by atoms with Crippen LogP contribution in [0.1, 0.15) is 20.3 Å². The summed E-state index contributed by atoms with van der Waals surface area (Å²) in [5.74, 6) is -1.17. The Morgan fingerprint density at radius 2 is 1.52 bits per heavy atom. The van der Waals surface area contributed by atoms with Crippen LogP contribution in [0.25, 0.3) is 0 Å². The highest BCUT2D eigenvalue weighted by Gasteiger charge is 2.50. The highest BCUT2D eigenvalue weighted by Crippen LogP contribution is 2.29. The minimum absolute atomic E-state index is 0.00941. The first-order chi connectivity index (χ1) is 14.5. The van der Waals surface area contributed by atoms with Crippen LogP contribution >= 0.6 is 0 Å². The van der Waals surface area contributed by atoms with Crippen LogP contribution < -0.4 is 5.32 Å². The fourth-order valence-corrected chi connectivity index (χ4v) is 3.64. The van der Waals surface area contributed by atoms with Crippen molar-refractivity contribution in [2.75, 3.05) is 13.2 Å². The van der Waals surface area contributed by atoms with E-state index in [0.29, 0.717) is 0 Å². The maximum Gasteiger partial charge on any atom is 0.320 e. The molecule has 2 saturated heterocycles. The zero-order valence-corrected chi connectivity index (χ0v) is 17.3. The fraction of sp³-hybridized carbons (Fsp3) is 0.944. The van der Waals surface area contributed by atoms with Crippen molar-refractivity contribution in [3.63, 3.8) is 0 Å². The van der Waals surface area contributed by atoms with Gasteiger partial charge in [0.2, 0.25) is 0 Å². The number of rotatable bonds is 9. The minimum Gasteiger partial charge on any atom is -0.480 e. The lowest BCUT2D eigenvalue weighted by Gasteiger charge is -2.46. The summed E-state index contributed by atoms with van der Waals surface area (Å²) in [4.78, 5) is 11.5. The van der Waals surface area contributed by atoms with Crippen LogP contribution in [0.15, 0.2) is 0 Å². The average Bonchev–Trinajstić information content (AvgIpc) is 2.72. The first-order valence-electron chi connectivity index (χ1n) is 10.1. The Morgan fingerprint density at radius 3 is 2.03 bits per heavy atom. The normalized spacial score (nSPS) is 42.5. The third-order valence-corrected chi connectivity index (χ3v) is 5.37. The van der Waals surface area contributed by atoms with E-state index >= 15 is 0 Å². The lowest BCUT2D eigenvalue weighted by Crippen LogP contribution is -2.67. The van der Waals surface area contributed by atoms with Gasteiger partial charge >= 0.3 is 5.97 Å². The highest BCUT2D eigenvalue weighted by atomic mass is 16.7. The number of carboxylic acids is 1. The Balaban J connectivity index is 2.12. The number of nitrogens with one attached hydrogen (secondary N) is 1. The summed E-state index contributed by atoms with van der Waals surface area (Å²) in [6, 6.07) is -1.09. The van der Waals surface area contributed by atoms with Crippen molar-refractivity contribution in [1.82, 2.24) is 5.32 Å². The molecule has 2 fully saturated rings. The highest BCUT2D eigenvalue weighted by molar-refractivity contribution is 5.73. The summed E-state index contributed by atoms with van der Waals surface area (Å²) in [7, 11) is 0. The predicted molar refractivity (Wildman–Crippen MR) is 100 cm³/mol. The van der Waals surface area contributed by atoms with Crippen LogP contribution in [0, 0.1) is 5.92 Å². The van der Waals surface area contributed by atoms with Crippen molar-refractivity contribution in [2.24, 2.45) is 5.92 Å². The molecule has 0 aromatic carbocycles. The van der Waals surface area contributed by atoms with E-state index in [-0.39, 0.29) is 12.3 Å². The third-order valence-electron chi connectivity index (χ3n) is 5.37. The fourth-order valence-electron chi connectivity index (χ4n) is 3.64. The van der Waals surface area contributed by atoms with Crippen molar-refractivity contribution >= 4 is 5.97 Å². The van der Waals surface area contributed by atoms with Crippen molar-refractivity contribution in [2.45, 2.75) is 87.7 Å². The number of aliphatic hydroxyl groups is 7. The van der Waals surface area contributed by atoms with Gasteiger partial charge in [0, 0.05) is 0 Å². The van der Waals surface area contributed by atoms with Gasteiger partial charge in [0.05, 0.1) is 13.2 Å². The topological polar surface area (TPSA) is 219 Å². The molecule has 13 heteroatoms. The molecule has 31 heavy (non-hydrogen) atoms. The van der Waals surface area contributed by atoms with Gasteiger partial charge < -0.3 is 55.1 Å². The molecule has 2 heterocycles. The summed E-state index contributed by atoms with van der Waals surface area (Å²) >= 11 is 0. The lowest BCUT2D eigenvalue weighted by atomic mass is 9.95. The SMILES string of the molecule is CC(C)C[C@H](NC1O[C@H](CO)[C@@H](O[C@@H]2O[C@H](CO)[C@H](O)[C@H](O)[C@H]2O)[C@H](O)[C@H]1O)C(=O)O. The Hall–Kier alpha value is -0.970. The summed E-state index contributed by atoms with van der Waals surface area (Å²) in [6.07, 6.45) is -15.2. The van der Waals surface area contributed by atoms with Gasteiger partial charge in [-0.3, -0.25) is 10.1 Å². The maximum atomic E-state index is 11.5. The summed E-state index contributed by atoms with van der Waals surface area (Å²) in [6.45, 7) is 2.22. The summed E-state index contributed by atoms with van der Waals surface area (Å²) in [5, 5.41) is 81.8. The smallest absolute Gasteiger partial charge is 0.320 e. The quantitative estimate of drug-likeness (QED) is 0.161. The Kier molecular flexibility index (Phi) is 9.54. The zero-order chi connectivity index (χ0) is 23.5. The number of aliphatic hydroxyl groups excluding tert-OH is 7. The molecule has 9 N–H and O–H groups in total. The van der Waals surface area contributed by atoms with E-state index in [2.05, 4.69) is 5.32 Å². The molecular weight excluding hydrogens is 422 g/mol. The lowest BCUT2D eigenvalue weighted by molar-refractivity contribution is -0.343. The van der Waals surface area contributed by atoms with E-state index in [1.165, 1.54) is 0 Å². The molecule has 0 bridgehead atoms. The van der Waals surface area contributed by atoms with Gasteiger partial charge in [-0.15, -0.1) is 0 Å². The second-order valence-corrected chi connectivity index (χ2v) is 8.24. The molecule has 0 aromatic heterocycles. The molecule has 13 nitrogen and oxygen atoms in total. The van der Waals surface area contributed by atoms with Crippen molar-refractivity contribution in [3.05, 3.63) is 0 Å². The van der Waals surface area contributed by atoms with Crippen LogP contribution in [0.4, 0.5) is 0 Å². The van der Waals surface area contributed by atoms with E-state index < -0.39 is 86.6 Å². The van der Waals surface area contributed by atoms with Crippen LogP contribution in [0.2, 0.25) is 0 Å². The Labute approximate surface area is 178 Å². The number of aliphatic carboxylic acids is 1. The molecular formula is C18H33NO12. The molecule has 1 unspecified atom stereocenters. The van der Waals surface area contributed by atoms with Crippen molar-refractivity contribution < 1.29 is 59.9 Å². The first kappa shape index (κ1) is 26.3. The maximum absolute atomic E-state index is 11.5. The number of ether oxygens (including phenoxy) is 3. The van der Waals surface area contributed by atoms with Gasteiger partial charge in [-0.1, -0.05) is 13.8 Å². The van der Waals surface area contributed by atoms with E-state index in [1.807, 2.05) is 13.8 Å². The molecule has 2 aliphatic heterocycles. The van der Waals surface area contributed by atoms with Gasteiger partial charge in [0.15, 0.2) is 6.29 Å². The predicted octanol–water partition coefficient (Wildman–Crippen LogP) is -4.30. The first-order valence-corrected chi connectivity index (χ1v) is 10.1. The Bertz CT molecular complexity index is 576. The van der Waals surface area contributed by atoms with E-state index in [9.17, 15) is 45.6 Å². The number of hydrogen-bond donors (Lipinski definition) is 9. The van der Waals surface area contributed by atoms with E-state index in [0.717, 1.165) is 0 Å². The monoisotopic (exact) mass is 455 g/mol. The number of hydrogen-bond acceptors (Lipinski definition) is 12. The molecule has 2 aliphatic rings. The molecule has 0 spiro atoms. The number of carbonyl (C=O) groups is 1. The van der Waals surface area contributed by atoms with Gasteiger partial charge in [-0.2, -0.15) is 0 Å². The second-order valence-electron chi connectivity index (χ2n) is 8.24. The molecule has 11 atom stereocenters. The molecule has 0 aliphatic carbocycles. The largest absolute Gasteiger partial charge is 0.480 e. The molecule has 182 valence electrons. The van der Waals surface area contributed by atoms with Crippen LogP contribution in [0.3, 0.4) is 0 Å². The van der Waals surface area contributed by atoms with Gasteiger partial charge in [0.25, 0.3) is 0 Å². The summed E-state index contributed by atoms with van der Waals surface area (Å²) < 4.78 is 16.2. The molecule has 0 aromatic rings. The zero-order valence-electron chi connectivity index (χ0n) is 17.3. The van der Waals surface area contributed by atoms with Gasteiger partial charge in [0.1, 0.15) is 61.1 Å². The number of carboxylic acid groups (broad SMARTS) is 1. The molecule has 0 amide bonds. The third kappa shape index (κ3) is 6.09. The van der Waals surface area contributed by atoms with E-state index in [1.54, 1.807) is 0 Å². The Morgan fingerprint density at radius 1 is 0.903 bits per heavy atom. The molecule has 0 radical (unpaired) electrons. The van der Waals surface area contributed by atoms with Crippen LogP contribution in [0.5, 0.6) is 0 Å². The standard InChI is InChI=1S/C18H33NO12/c1-6(2)3-7(17(27)28)19-16-13(25)12(24)15(9(5-21)29-16)31-18-14(26)11(23)10(22)8(4-20)30-18/h6-16,18-26H,3-5H2,1-2H3,(H,27,28)/t7-,8+,9+,10-,11-,12+,13+,14+,15+,16?,18-/m0/s1. The minimum atomic E-state index is -1.76. The summed E-state index contributed by atoms with van der Waals surface area (Å²) in [5.41, 5.74) is 0. The molecule has 0 saturated carbocycles. The average molecular weight is 455 g/mol.